The Morgan fingerprint density at radius 1 is 1.17 bits per heavy atom. The monoisotopic (exact) mass is 274 g/mol. The van der Waals surface area contributed by atoms with E-state index >= 15 is 0 Å². The fourth-order valence-corrected chi connectivity index (χ4v) is 3.13. The largest absolute Gasteiger partial charge is 0.312 e. The van der Waals surface area contributed by atoms with Gasteiger partial charge >= 0.3 is 0 Å². The molecule has 0 unspecified atom stereocenters. The molecule has 0 aromatic carbocycles. The predicted octanol–water partition coefficient (Wildman–Crippen LogP) is 0.741. The standard InChI is InChI=1S/C13H26N2O2S/c1-15(9-10-18(2,16)17)8-7-14-13(11-3-4-11)12-5-6-12/h11-14H,3-10H2,1-2H3. The van der Waals surface area contributed by atoms with E-state index in [0.29, 0.717) is 6.54 Å². The van der Waals surface area contributed by atoms with Crippen LogP contribution in [0.3, 0.4) is 0 Å². The van der Waals surface area contributed by atoms with Gasteiger partial charge in [-0.25, -0.2) is 8.42 Å². The van der Waals surface area contributed by atoms with Gasteiger partial charge in [-0.2, -0.15) is 0 Å². The number of likely N-dealkylation sites (N-methyl/N-ethyl adjacent to an activating group) is 1. The molecular weight excluding hydrogens is 248 g/mol. The third kappa shape index (κ3) is 5.24. The van der Waals surface area contributed by atoms with E-state index in [0.717, 1.165) is 31.0 Å². The molecule has 4 nitrogen and oxygen atoms in total. The first-order valence-corrected chi connectivity index (χ1v) is 9.11. The van der Waals surface area contributed by atoms with Gasteiger partial charge in [0.15, 0.2) is 0 Å². The van der Waals surface area contributed by atoms with Crippen LogP contribution in [0.2, 0.25) is 0 Å². The molecule has 5 heteroatoms. The van der Waals surface area contributed by atoms with Gasteiger partial charge in [-0.3, -0.25) is 0 Å². The number of nitrogens with one attached hydrogen (secondary N) is 1. The van der Waals surface area contributed by atoms with Gasteiger partial charge in [-0.05, 0) is 44.6 Å². The maximum absolute atomic E-state index is 11.1. The molecule has 2 fully saturated rings. The summed E-state index contributed by atoms with van der Waals surface area (Å²) in [6.45, 7) is 2.56. The average molecular weight is 274 g/mol. The lowest BCUT2D eigenvalue weighted by molar-refractivity contribution is 0.325. The third-order valence-electron chi connectivity index (χ3n) is 3.98. The Labute approximate surface area is 111 Å². The van der Waals surface area contributed by atoms with Crippen LogP contribution in [0.1, 0.15) is 25.7 Å². The van der Waals surface area contributed by atoms with Gasteiger partial charge in [-0.15, -0.1) is 0 Å². The molecule has 2 aliphatic carbocycles. The highest BCUT2D eigenvalue weighted by molar-refractivity contribution is 7.90. The second-order valence-corrected chi connectivity index (χ2v) is 8.35. The van der Waals surface area contributed by atoms with Crippen molar-refractivity contribution in [2.45, 2.75) is 31.7 Å². The van der Waals surface area contributed by atoms with Crippen LogP contribution in [0, 0.1) is 11.8 Å². The zero-order chi connectivity index (χ0) is 13.2. The van der Waals surface area contributed by atoms with Crippen molar-refractivity contribution >= 4 is 9.84 Å². The van der Waals surface area contributed by atoms with E-state index < -0.39 is 9.84 Å². The van der Waals surface area contributed by atoms with Gasteiger partial charge in [0.1, 0.15) is 9.84 Å². The number of hydrogen-bond donors (Lipinski definition) is 1. The predicted molar refractivity (Wildman–Crippen MR) is 74.4 cm³/mol. The molecule has 2 aliphatic rings. The topological polar surface area (TPSA) is 49.4 Å². The molecule has 0 aromatic heterocycles. The SMILES string of the molecule is CN(CCNC(C1CC1)C1CC1)CCS(C)(=O)=O. The zero-order valence-corrected chi connectivity index (χ0v) is 12.4. The van der Waals surface area contributed by atoms with Crippen LogP contribution in [-0.2, 0) is 9.84 Å². The molecule has 0 radical (unpaired) electrons. The molecule has 0 aliphatic heterocycles. The average Bonchev–Trinajstić information content (AvgIpc) is 3.13. The summed E-state index contributed by atoms with van der Waals surface area (Å²) in [6, 6.07) is 0.744. The van der Waals surface area contributed by atoms with E-state index in [4.69, 9.17) is 0 Å². The lowest BCUT2D eigenvalue weighted by Crippen LogP contribution is -2.39. The Morgan fingerprint density at radius 3 is 2.17 bits per heavy atom. The molecule has 2 rings (SSSR count). The maximum atomic E-state index is 11.1. The fourth-order valence-electron chi connectivity index (χ4n) is 2.48. The van der Waals surface area contributed by atoms with Crippen molar-refractivity contribution in [1.82, 2.24) is 10.2 Å². The summed E-state index contributed by atoms with van der Waals surface area (Å²) in [7, 11) is -0.833. The first-order valence-electron chi connectivity index (χ1n) is 7.05. The molecule has 0 heterocycles. The second-order valence-electron chi connectivity index (χ2n) is 6.09. The van der Waals surface area contributed by atoms with Crippen molar-refractivity contribution in [3.05, 3.63) is 0 Å². The molecule has 0 bridgehead atoms. The summed E-state index contributed by atoms with van der Waals surface area (Å²) in [4.78, 5) is 2.10. The van der Waals surface area contributed by atoms with Crippen LogP contribution in [0.25, 0.3) is 0 Å². The van der Waals surface area contributed by atoms with Crippen LogP contribution >= 0.6 is 0 Å². The number of sulfone groups is 1. The van der Waals surface area contributed by atoms with Crippen LogP contribution < -0.4 is 5.32 Å². The summed E-state index contributed by atoms with van der Waals surface area (Å²) in [5, 5.41) is 3.68. The molecule has 0 aromatic rings. The lowest BCUT2D eigenvalue weighted by Gasteiger charge is -2.21. The highest BCUT2D eigenvalue weighted by Gasteiger charge is 2.40. The first-order chi connectivity index (χ1) is 8.46. The van der Waals surface area contributed by atoms with Gasteiger partial charge in [-0.1, -0.05) is 0 Å². The lowest BCUT2D eigenvalue weighted by atomic mass is 10.1. The minimum atomic E-state index is -2.83. The van der Waals surface area contributed by atoms with Crippen molar-refractivity contribution in [1.29, 1.82) is 0 Å². The van der Waals surface area contributed by atoms with E-state index in [1.54, 1.807) is 0 Å². The molecule has 106 valence electrons. The van der Waals surface area contributed by atoms with E-state index in [-0.39, 0.29) is 5.75 Å². The Balaban J connectivity index is 1.59. The van der Waals surface area contributed by atoms with Gasteiger partial charge in [0, 0.05) is 31.9 Å². The maximum Gasteiger partial charge on any atom is 0.148 e. The minimum absolute atomic E-state index is 0.262. The second kappa shape index (κ2) is 5.88. The van der Waals surface area contributed by atoms with Gasteiger partial charge in [0.25, 0.3) is 0 Å². The van der Waals surface area contributed by atoms with Crippen molar-refractivity contribution in [3.8, 4) is 0 Å². The number of hydrogen-bond acceptors (Lipinski definition) is 4. The number of rotatable bonds is 9. The van der Waals surface area contributed by atoms with E-state index in [2.05, 4.69) is 10.2 Å². The Bertz CT molecular complexity index is 349. The van der Waals surface area contributed by atoms with Crippen molar-refractivity contribution in [3.63, 3.8) is 0 Å². The van der Waals surface area contributed by atoms with E-state index in [1.807, 2.05) is 7.05 Å². The Kier molecular flexibility index (Phi) is 4.67. The normalized spacial score (nSPS) is 20.9. The van der Waals surface area contributed by atoms with Gasteiger partial charge < -0.3 is 10.2 Å². The fraction of sp³-hybridized carbons (Fsp3) is 1.00. The van der Waals surface area contributed by atoms with Crippen LogP contribution in [0.4, 0.5) is 0 Å². The first kappa shape index (κ1) is 14.3. The summed E-state index contributed by atoms with van der Waals surface area (Å²) in [5.74, 6) is 2.12. The molecule has 18 heavy (non-hydrogen) atoms. The number of nitrogens with zero attached hydrogens (tertiary/aromatic N) is 1. The van der Waals surface area contributed by atoms with Crippen molar-refractivity contribution < 1.29 is 8.42 Å². The molecular formula is C13H26N2O2S. The van der Waals surface area contributed by atoms with Crippen molar-refractivity contribution in [2.75, 3.05) is 38.7 Å². The minimum Gasteiger partial charge on any atom is -0.312 e. The molecule has 0 spiro atoms. The smallest absolute Gasteiger partial charge is 0.148 e. The highest BCUT2D eigenvalue weighted by Crippen LogP contribution is 2.44. The van der Waals surface area contributed by atoms with Crippen molar-refractivity contribution in [2.24, 2.45) is 11.8 Å². The molecule has 0 amide bonds. The van der Waals surface area contributed by atoms with Gasteiger partial charge in [0.05, 0.1) is 5.75 Å². The highest BCUT2D eigenvalue weighted by atomic mass is 32.2. The zero-order valence-electron chi connectivity index (χ0n) is 11.6. The molecule has 0 atom stereocenters. The molecule has 0 saturated heterocycles. The Hall–Kier alpha value is -0.130. The van der Waals surface area contributed by atoms with Crippen LogP contribution in [-0.4, -0.2) is 58.1 Å². The molecule has 1 N–H and O–H groups in total. The van der Waals surface area contributed by atoms with E-state index in [9.17, 15) is 8.42 Å². The molecule has 2 saturated carbocycles. The summed E-state index contributed by atoms with van der Waals surface area (Å²) in [6.07, 6.45) is 6.90. The summed E-state index contributed by atoms with van der Waals surface area (Å²) >= 11 is 0. The van der Waals surface area contributed by atoms with Gasteiger partial charge in [0.2, 0.25) is 0 Å². The summed E-state index contributed by atoms with van der Waals surface area (Å²) < 4.78 is 22.1. The van der Waals surface area contributed by atoms with Crippen LogP contribution in [0.5, 0.6) is 0 Å². The summed E-state index contributed by atoms with van der Waals surface area (Å²) in [5.41, 5.74) is 0. The quantitative estimate of drug-likeness (QED) is 0.674. The van der Waals surface area contributed by atoms with Crippen LogP contribution in [0.15, 0.2) is 0 Å². The third-order valence-corrected chi connectivity index (χ3v) is 4.90. The van der Waals surface area contributed by atoms with E-state index in [1.165, 1.54) is 31.9 Å². The Morgan fingerprint density at radius 2 is 1.72 bits per heavy atom.